The number of carboxylic acids is 1. The van der Waals surface area contributed by atoms with Crippen molar-refractivity contribution in [3.63, 3.8) is 0 Å². The summed E-state index contributed by atoms with van der Waals surface area (Å²) in [6.45, 7) is 0. The fraction of sp³-hybridized carbons (Fsp3) is 0.158. The molecule has 2 aromatic carbocycles. The molecule has 0 aliphatic heterocycles. The summed E-state index contributed by atoms with van der Waals surface area (Å²) in [5.41, 5.74) is 3.61. The van der Waals surface area contributed by atoms with Gasteiger partial charge in [0.25, 0.3) is 0 Å². The van der Waals surface area contributed by atoms with Crippen LogP contribution in [-0.2, 0) is 0 Å². The third-order valence-corrected chi connectivity index (χ3v) is 4.58. The maximum absolute atomic E-state index is 11.0. The molecule has 3 rings (SSSR count). The molecule has 1 N–H and O–H groups in total. The molecule has 0 aliphatic carbocycles. The first-order valence-electron chi connectivity index (χ1n) is 7.67. The summed E-state index contributed by atoms with van der Waals surface area (Å²) in [5, 5.41) is 11.0. The lowest BCUT2D eigenvalue weighted by molar-refractivity contribution is 0.0697. The van der Waals surface area contributed by atoms with Crippen LogP contribution in [0.3, 0.4) is 0 Å². The van der Waals surface area contributed by atoms with Crippen LogP contribution in [0.25, 0.3) is 22.4 Å². The fourth-order valence-corrected chi connectivity index (χ4v) is 3.37. The van der Waals surface area contributed by atoms with Crippen molar-refractivity contribution < 1.29 is 24.1 Å². The summed E-state index contributed by atoms with van der Waals surface area (Å²) in [5.74, 6) is 0.648. The fourth-order valence-electron chi connectivity index (χ4n) is 2.66. The van der Waals surface area contributed by atoms with Crippen molar-refractivity contribution in [2.75, 3.05) is 21.3 Å². The van der Waals surface area contributed by atoms with Gasteiger partial charge in [-0.1, -0.05) is 12.1 Å². The van der Waals surface area contributed by atoms with Gasteiger partial charge in [-0.25, -0.2) is 4.79 Å². The number of carboxylic acid groups (broad SMARTS) is 1. The van der Waals surface area contributed by atoms with Crippen LogP contribution in [0, 0.1) is 0 Å². The molecule has 0 fully saturated rings. The molecule has 0 saturated carbocycles. The van der Waals surface area contributed by atoms with Gasteiger partial charge in [-0.05, 0) is 41.4 Å². The van der Waals surface area contributed by atoms with E-state index < -0.39 is 5.97 Å². The van der Waals surface area contributed by atoms with E-state index in [1.54, 1.807) is 45.6 Å². The van der Waals surface area contributed by atoms with Crippen LogP contribution in [0.4, 0.5) is 0 Å². The summed E-state index contributed by atoms with van der Waals surface area (Å²) in [6.07, 6.45) is 0. The lowest BCUT2D eigenvalue weighted by Gasteiger charge is -2.14. The Labute approximate surface area is 154 Å². The normalized spacial score (nSPS) is 10.4. The van der Waals surface area contributed by atoms with Crippen molar-refractivity contribution in [3.8, 4) is 39.6 Å². The van der Waals surface area contributed by atoms with Crippen molar-refractivity contribution in [2.45, 2.75) is 0 Å². The second kappa shape index (κ2) is 7.45. The van der Waals surface area contributed by atoms with Crippen molar-refractivity contribution in [2.24, 2.45) is 0 Å². The van der Waals surface area contributed by atoms with E-state index in [2.05, 4.69) is 4.37 Å². The third kappa shape index (κ3) is 3.21. The molecule has 3 aromatic rings. The zero-order chi connectivity index (χ0) is 18.7. The van der Waals surface area contributed by atoms with Gasteiger partial charge in [0.15, 0.2) is 11.5 Å². The number of aromatic carboxylic acids is 1. The van der Waals surface area contributed by atoms with Gasteiger partial charge in [0.05, 0.1) is 32.6 Å². The second-order valence-corrected chi connectivity index (χ2v) is 6.00. The smallest absolute Gasteiger partial charge is 0.335 e. The van der Waals surface area contributed by atoms with E-state index >= 15 is 0 Å². The molecule has 0 radical (unpaired) electrons. The monoisotopic (exact) mass is 371 g/mol. The van der Waals surface area contributed by atoms with Crippen LogP contribution >= 0.6 is 11.5 Å². The Bertz CT molecular complexity index is 908. The van der Waals surface area contributed by atoms with E-state index in [-0.39, 0.29) is 5.56 Å². The summed E-state index contributed by atoms with van der Waals surface area (Å²) in [7, 11) is 4.68. The number of hydrogen-bond donors (Lipinski definition) is 1. The SMILES string of the molecule is COc1cc(-c2nscc2-c2ccc(C(=O)O)cc2)cc(OC)c1OC. The first-order valence-corrected chi connectivity index (χ1v) is 8.51. The predicted molar refractivity (Wildman–Crippen MR) is 99.6 cm³/mol. The van der Waals surface area contributed by atoms with Crippen LogP contribution in [0.5, 0.6) is 17.2 Å². The van der Waals surface area contributed by atoms with Crippen molar-refractivity contribution in [1.82, 2.24) is 4.37 Å². The minimum absolute atomic E-state index is 0.242. The Morgan fingerprint density at radius 2 is 1.58 bits per heavy atom. The first-order chi connectivity index (χ1) is 12.6. The number of benzene rings is 2. The Morgan fingerprint density at radius 1 is 0.962 bits per heavy atom. The van der Waals surface area contributed by atoms with Crippen LogP contribution < -0.4 is 14.2 Å². The molecule has 0 amide bonds. The van der Waals surface area contributed by atoms with Gasteiger partial charge in [0.1, 0.15) is 0 Å². The molecule has 0 atom stereocenters. The molecular formula is C19H17NO5S. The standard InChI is InChI=1S/C19H17NO5S/c1-23-15-8-13(9-16(24-2)18(15)25-3)17-14(10-26-20-17)11-4-6-12(7-5-11)19(21)22/h4-10H,1-3H3,(H,21,22). The summed E-state index contributed by atoms with van der Waals surface area (Å²) >= 11 is 1.32. The Balaban J connectivity index is 2.09. The molecule has 26 heavy (non-hydrogen) atoms. The number of ether oxygens (including phenoxy) is 3. The van der Waals surface area contributed by atoms with E-state index in [0.29, 0.717) is 17.2 Å². The highest BCUT2D eigenvalue weighted by atomic mass is 32.1. The number of carbonyl (C=O) groups is 1. The van der Waals surface area contributed by atoms with Crippen LogP contribution in [0.2, 0.25) is 0 Å². The van der Waals surface area contributed by atoms with Gasteiger partial charge >= 0.3 is 5.97 Å². The average molecular weight is 371 g/mol. The maximum Gasteiger partial charge on any atom is 0.335 e. The lowest BCUT2D eigenvalue weighted by Crippen LogP contribution is -1.96. The number of methoxy groups -OCH3 is 3. The topological polar surface area (TPSA) is 77.9 Å². The molecule has 6 nitrogen and oxygen atoms in total. The largest absolute Gasteiger partial charge is 0.493 e. The molecule has 1 aromatic heterocycles. The van der Waals surface area contributed by atoms with Gasteiger partial charge in [-0.2, -0.15) is 4.37 Å². The van der Waals surface area contributed by atoms with Crippen molar-refractivity contribution in [1.29, 1.82) is 0 Å². The highest BCUT2D eigenvalue weighted by molar-refractivity contribution is 7.04. The highest BCUT2D eigenvalue weighted by Gasteiger charge is 2.18. The first kappa shape index (κ1) is 17.8. The van der Waals surface area contributed by atoms with Gasteiger partial charge in [-0.3, -0.25) is 0 Å². The van der Waals surface area contributed by atoms with Crippen LogP contribution in [-0.4, -0.2) is 36.8 Å². The molecule has 0 unspecified atom stereocenters. The minimum atomic E-state index is -0.954. The zero-order valence-corrected chi connectivity index (χ0v) is 15.3. The van der Waals surface area contributed by atoms with E-state index in [9.17, 15) is 4.79 Å². The van der Waals surface area contributed by atoms with Gasteiger partial charge < -0.3 is 19.3 Å². The molecule has 134 valence electrons. The molecule has 0 saturated heterocycles. The quantitative estimate of drug-likeness (QED) is 0.700. The van der Waals surface area contributed by atoms with Gasteiger partial charge in [0.2, 0.25) is 5.75 Å². The Morgan fingerprint density at radius 3 is 2.08 bits per heavy atom. The van der Waals surface area contributed by atoms with Crippen molar-refractivity contribution in [3.05, 3.63) is 47.3 Å². The van der Waals surface area contributed by atoms with Crippen LogP contribution in [0.1, 0.15) is 10.4 Å². The summed E-state index contributed by atoms with van der Waals surface area (Å²) in [4.78, 5) is 11.0. The third-order valence-electron chi connectivity index (χ3n) is 3.95. The predicted octanol–water partition coefficient (Wildman–Crippen LogP) is 4.20. The molecule has 0 bridgehead atoms. The van der Waals surface area contributed by atoms with Gasteiger partial charge in [-0.15, -0.1) is 0 Å². The lowest BCUT2D eigenvalue weighted by atomic mass is 10.0. The van der Waals surface area contributed by atoms with E-state index in [0.717, 1.165) is 22.4 Å². The highest BCUT2D eigenvalue weighted by Crippen LogP contribution is 2.43. The number of aromatic nitrogens is 1. The van der Waals surface area contributed by atoms with Crippen molar-refractivity contribution >= 4 is 17.5 Å². The van der Waals surface area contributed by atoms with E-state index in [4.69, 9.17) is 19.3 Å². The van der Waals surface area contributed by atoms with Crippen LogP contribution in [0.15, 0.2) is 41.8 Å². The Kier molecular flexibility index (Phi) is 5.09. The van der Waals surface area contributed by atoms with Gasteiger partial charge in [0, 0.05) is 16.5 Å². The zero-order valence-electron chi connectivity index (χ0n) is 14.5. The number of hydrogen-bond acceptors (Lipinski definition) is 6. The van der Waals surface area contributed by atoms with E-state index in [1.165, 1.54) is 11.5 Å². The number of rotatable bonds is 6. The number of nitrogens with zero attached hydrogens (tertiary/aromatic N) is 1. The molecule has 0 aliphatic rings. The van der Waals surface area contributed by atoms with E-state index in [1.807, 2.05) is 17.5 Å². The minimum Gasteiger partial charge on any atom is -0.493 e. The summed E-state index contributed by atoms with van der Waals surface area (Å²) < 4.78 is 20.7. The summed E-state index contributed by atoms with van der Waals surface area (Å²) in [6, 6.07) is 10.4. The maximum atomic E-state index is 11.0. The molecular weight excluding hydrogens is 354 g/mol. The average Bonchev–Trinajstić information content (AvgIpc) is 3.16. The molecule has 1 heterocycles. The molecule has 0 spiro atoms. The Hall–Kier alpha value is -3.06. The second-order valence-electron chi connectivity index (χ2n) is 5.37. The molecule has 7 heteroatoms.